The summed E-state index contributed by atoms with van der Waals surface area (Å²) in [5.74, 6) is -1.97. The molecule has 0 aliphatic carbocycles. The van der Waals surface area contributed by atoms with E-state index in [0.717, 1.165) is 13.1 Å². The van der Waals surface area contributed by atoms with Crippen molar-refractivity contribution in [1.82, 2.24) is 14.7 Å². The lowest BCUT2D eigenvalue weighted by atomic mass is 10.3. The van der Waals surface area contributed by atoms with Crippen LogP contribution in [0.3, 0.4) is 0 Å². The van der Waals surface area contributed by atoms with Crippen LogP contribution >= 0.6 is 0 Å². The fraction of sp³-hybridized carbons (Fsp3) is 0.583. The SMILES string of the molecule is COC(=O)c1nn(CCN2CCOCC2)c(C(=O)O)c1N. The van der Waals surface area contributed by atoms with Crippen LogP contribution in [0, 0.1) is 0 Å². The number of esters is 1. The van der Waals surface area contributed by atoms with Gasteiger partial charge >= 0.3 is 11.9 Å². The number of hydrogen-bond donors (Lipinski definition) is 2. The van der Waals surface area contributed by atoms with E-state index in [0.29, 0.717) is 26.3 Å². The van der Waals surface area contributed by atoms with Crippen LogP contribution in [0.5, 0.6) is 0 Å². The van der Waals surface area contributed by atoms with Crippen molar-refractivity contribution in [3.63, 3.8) is 0 Å². The van der Waals surface area contributed by atoms with E-state index >= 15 is 0 Å². The number of carbonyl (C=O) groups is 2. The molecule has 0 saturated carbocycles. The number of carboxylic acids is 1. The van der Waals surface area contributed by atoms with Crippen LogP contribution in [0.1, 0.15) is 21.0 Å². The first-order valence-corrected chi connectivity index (χ1v) is 6.52. The molecule has 0 unspecified atom stereocenters. The van der Waals surface area contributed by atoms with Crippen molar-refractivity contribution in [2.45, 2.75) is 6.54 Å². The van der Waals surface area contributed by atoms with Gasteiger partial charge < -0.3 is 20.3 Å². The molecule has 0 radical (unpaired) electrons. The minimum atomic E-state index is -1.22. The summed E-state index contributed by atoms with van der Waals surface area (Å²) in [6, 6.07) is 0. The maximum Gasteiger partial charge on any atom is 0.360 e. The number of nitrogens with zero attached hydrogens (tertiary/aromatic N) is 3. The van der Waals surface area contributed by atoms with Gasteiger partial charge in [-0.3, -0.25) is 9.58 Å². The smallest absolute Gasteiger partial charge is 0.360 e. The molecular weight excluding hydrogens is 280 g/mol. The number of carbonyl (C=O) groups excluding carboxylic acids is 1. The number of morpholine rings is 1. The van der Waals surface area contributed by atoms with Crippen LogP contribution in [0.15, 0.2) is 0 Å². The molecule has 1 aliphatic heterocycles. The Balaban J connectivity index is 2.17. The number of nitrogens with two attached hydrogens (primary N) is 1. The molecule has 1 aromatic heterocycles. The predicted molar refractivity (Wildman–Crippen MR) is 72.2 cm³/mol. The third-order valence-corrected chi connectivity index (χ3v) is 3.30. The van der Waals surface area contributed by atoms with Gasteiger partial charge in [0.1, 0.15) is 5.69 Å². The summed E-state index contributed by atoms with van der Waals surface area (Å²) in [4.78, 5) is 25.0. The largest absolute Gasteiger partial charge is 0.476 e. The summed E-state index contributed by atoms with van der Waals surface area (Å²) < 4.78 is 11.0. The van der Waals surface area contributed by atoms with E-state index in [1.807, 2.05) is 0 Å². The summed E-state index contributed by atoms with van der Waals surface area (Å²) in [5.41, 5.74) is 5.16. The van der Waals surface area contributed by atoms with Crippen molar-refractivity contribution in [1.29, 1.82) is 0 Å². The van der Waals surface area contributed by atoms with Gasteiger partial charge in [-0.2, -0.15) is 5.10 Å². The van der Waals surface area contributed by atoms with Crippen molar-refractivity contribution in [2.24, 2.45) is 0 Å². The Hall–Kier alpha value is -2.13. The Morgan fingerprint density at radius 1 is 1.38 bits per heavy atom. The monoisotopic (exact) mass is 298 g/mol. The molecule has 9 heteroatoms. The Morgan fingerprint density at radius 2 is 2.05 bits per heavy atom. The van der Waals surface area contributed by atoms with Gasteiger partial charge in [0.2, 0.25) is 0 Å². The van der Waals surface area contributed by atoms with Gasteiger partial charge in [0, 0.05) is 19.6 Å². The molecule has 1 fully saturated rings. The number of anilines is 1. The minimum Gasteiger partial charge on any atom is -0.476 e. The van der Waals surface area contributed by atoms with Crippen molar-refractivity contribution >= 4 is 17.6 Å². The fourth-order valence-corrected chi connectivity index (χ4v) is 2.17. The van der Waals surface area contributed by atoms with Crippen LogP contribution in [0.2, 0.25) is 0 Å². The predicted octanol–water partition coefficient (Wildman–Crippen LogP) is -0.718. The highest BCUT2D eigenvalue weighted by Crippen LogP contribution is 2.18. The van der Waals surface area contributed by atoms with Gasteiger partial charge in [0.05, 0.1) is 26.9 Å². The van der Waals surface area contributed by atoms with E-state index in [9.17, 15) is 14.7 Å². The fourth-order valence-electron chi connectivity index (χ4n) is 2.17. The van der Waals surface area contributed by atoms with Gasteiger partial charge in [-0.25, -0.2) is 9.59 Å². The molecule has 2 rings (SSSR count). The van der Waals surface area contributed by atoms with Gasteiger partial charge in [-0.1, -0.05) is 0 Å². The second-order valence-electron chi connectivity index (χ2n) is 4.58. The van der Waals surface area contributed by atoms with Crippen molar-refractivity contribution in [3.05, 3.63) is 11.4 Å². The molecule has 0 amide bonds. The Morgan fingerprint density at radius 3 is 2.62 bits per heavy atom. The molecule has 9 nitrogen and oxygen atoms in total. The van der Waals surface area contributed by atoms with Crippen LogP contribution in [0.25, 0.3) is 0 Å². The Bertz CT molecular complexity index is 536. The summed E-state index contributed by atoms with van der Waals surface area (Å²) in [6.45, 7) is 3.79. The van der Waals surface area contributed by atoms with Crippen LogP contribution in [-0.4, -0.2) is 71.7 Å². The number of nitrogen functional groups attached to an aromatic ring is 1. The summed E-state index contributed by atoms with van der Waals surface area (Å²) >= 11 is 0. The van der Waals surface area contributed by atoms with E-state index in [-0.39, 0.29) is 17.1 Å². The average molecular weight is 298 g/mol. The van der Waals surface area contributed by atoms with Crippen molar-refractivity contribution < 1.29 is 24.2 Å². The Labute approximate surface area is 121 Å². The molecule has 0 aromatic carbocycles. The van der Waals surface area contributed by atoms with Gasteiger partial charge in [0.25, 0.3) is 0 Å². The topological polar surface area (TPSA) is 120 Å². The van der Waals surface area contributed by atoms with Crippen LogP contribution < -0.4 is 5.73 Å². The molecule has 0 atom stereocenters. The van der Waals surface area contributed by atoms with Gasteiger partial charge in [0.15, 0.2) is 11.4 Å². The lowest BCUT2D eigenvalue weighted by Crippen LogP contribution is -2.38. The molecule has 1 saturated heterocycles. The number of aromatic nitrogens is 2. The number of carboxylic acid groups (broad SMARTS) is 1. The standard InChI is InChI=1S/C12H18N4O5/c1-20-12(19)9-8(13)10(11(17)18)16(14-9)3-2-15-4-6-21-7-5-15/h2-7,13H2,1H3,(H,17,18). The zero-order valence-corrected chi connectivity index (χ0v) is 11.7. The normalized spacial score (nSPS) is 15.9. The first kappa shape index (κ1) is 15.3. The maximum absolute atomic E-state index is 11.5. The van der Waals surface area contributed by atoms with Crippen molar-refractivity contribution in [2.75, 3.05) is 45.7 Å². The van der Waals surface area contributed by atoms with E-state index in [4.69, 9.17) is 10.5 Å². The first-order chi connectivity index (χ1) is 10.0. The van der Waals surface area contributed by atoms with E-state index < -0.39 is 11.9 Å². The second-order valence-corrected chi connectivity index (χ2v) is 4.58. The molecule has 3 N–H and O–H groups in total. The lowest BCUT2D eigenvalue weighted by molar-refractivity contribution is 0.0356. The number of ether oxygens (including phenoxy) is 2. The molecule has 1 aromatic rings. The highest BCUT2D eigenvalue weighted by atomic mass is 16.5. The summed E-state index contributed by atoms with van der Waals surface area (Å²) in [6.07, 6.45) is 0. The molecule has 21 heavy (non-hydrogen) atoms. The Kier molecular flexibility index (Phi) is 4.76. The molecule has 2 heterocycles. The van der Waals surface area contributed by atoms with Crippen LogP contribution in [-0.2, 0) is 16.0 Å². The third kappa shape index (κ3) is 3.31. The second kappa shape index (κ2) is 6.55. The van der Waals surface area contributed by atoms with Crippen LogP contribution in [0.4, 0.5) is 5.69 Å². The lowest BCUT2D eigenvalue weighted by Gasteiger charge is -2.26. The molecule has 116 valence electrons. The summed E-state index contributed by atoms with van der Waals surface area (Å²) in [7, 11) is 1.19. The quantitative estimate of drug-likeness (QED) is 0.683. The maximum atomic E-state index is 11.5. The average Bonchev–Trinajstić information content (AvgIpc) is 2.82. The molecule has 0 spiro atoms. The minimum absolute atomic E-state index is 0.170. The molecule has 1 aliphatic rings. The first-order valence-electron chi connectivity index (χ1n) is 6.52. The number of methoxy groups -OCH3 is 1. The highest BCUT2D eigenvalue weighted by molar-refractivity contribution is 6.00. The van der Waals surface area contributed by atoms with E-state index in [1.54, 1.807) is 0 Å². The number of hydrogen-bond acceptors (Lipinski definition) is 7. The summed E-state index contributed by atoms with van der Waals surface area (Å²) in [5, 5.41) is 13.2. The number of rotatable bonds is 5. The zero-order valence-electron chi connectivity index (χ0n) is 11.7. The highest BCUT2D eigenvalue weighted by Gasteiger charge is 2.26. The van der Waals surface area contributed by atoms with Gasteiger partial charge in [-0.05, 0) is 0 Å². The molecule has 0 bridgehead atoms. The van der Waals surface area contributed by atoms with E-state index in [1.165, 1.54) is 11.8 Å². The zero-order chi connectivity index (χ0) is 15.4. The third-order valence-electron chi connectivity index (χ3n) is 3.30. The molecular formula is C12H18N4O5. The van der Waals surface area contributed by atoms with E-state index in [2.05, 4.69) is 14.7 Å². The van der Waals surface area contributed by atoms with Crippen molar-refractivity contribution in [3.8, 4) is 0 Å². The number of aromatic carboxylic acids is 1. The van der Waals surface area contributed by atoms with Gasteiger partial charge in [-0.15, -0.1) is 0 Å².